The van der Waals surface area contributed by atoms with Gasteiger partial charge in [0.25, 0.3) is 0 Å². The minimum absolute atomic E-state index is 0.00298. The Bertz CT molecular complexity index is 626. The number of nitrogens with zero attached hydrogens (tertiary/aromatic N) is 2. The van der Waals surface area contributed by atoms with E-state index in [0.717, 1.165) is 29.4 Å². The summed E-state index contributed by atoms with van der Waals surface area (Å²) in [6.07, 6.45) is 2.96. The van der Waals surface area contributed by atoms with Crippen LogP contribution in [0.4, 0.5) is 5.13 Å². The first-order valence-electron chi connectivity index (χ1n) is 7.83. The number of benzene rings is 1. The Morgan fingerprint density at radius 1 is 1.26 bits per heavy atom. The van der Waals surface area contributed by atoms with E-state index < -0.39 is 0 Å². The number of hydrogen-bond acceptors (Lipinski definition) is 5. The average molecular weight is 350 g/mol. The molecule has 4 nitrogen and oxygen atoms in total. The molecule has 0 saturated heterocycles. The van der Waals surface area contributed by atoms with Crippen molar-refractivity contribution in [2.45, 2.75) is 44.4 Å². The van der Waals surface area contributed by atoms with Gasteiger partial charge in [0, 0.05) is 11.2 Å². The highest BCUT2D eigenvalue weighted by Gasteiger charge is 2.26. The first kappa shape index (κ1) is 17.9. The number of amides is 1. The molecule has 0 atom stereocenters. The summed E-state index contributed by atoms with van der Waals surface area (Å²) in [5.41, 5.74) is 0.981. The third-order valence-corrected chi connectivity index (χ3v) is 5.86. The zero-order valence-corrected chi connectivity index (χ0v) is 15.5. The van der Waals surface area contributed by atoms with Gasteiger partial charge in [0.1, 0.15) is 0 Å². The second-order valence-electron chi connectivity index (χ2n) is 6.00. The summed E-state index contributed by atoms with van der Waals surface area (Å²) < 4.78 is 0.905. The standard InChI is InChI=1S/C17H23N3OS2/c1-4-17(2,3)14(21)18-15-19-20-16(23-15)22-12-8-11-13-9-6-5-7-10-13/h5-7,9-10H,4,8,11-12H2,1-3H3,(H,18,19,21). The monoisotopic (exact) mass is 349 g/mol. The molecule has 2 aromatic rings. The molecule has 0 radical (unpaired) electrons. The van der Waals surface area contributed by atoms with E-state index in [-0.39, 0.29) is 11.3 Å². The number of aryl methyl sites for hydroxylation is 1. The molecule has 0 aliphatic heterocycles. The second-order valence-corrected chi connectivity index (χ2v) is 8.32. The SMILES string of the molecule is CCC(C)(C)C(=O)Nc1nnc(SCCCc2ccccc2)s1. The number of hydrogen-bond donors (Lipinski definition) is 1. The first-order valence-corrected chi connectivity index (χ1v) is 9.63. The van der Waals surface area contributed by atoms with Crippen molar-refractivity contribution in [3.05, 3.63) is 35.9 Å². The van der Waals surface area contributed by atoms with Crippen molar-refractivity contribution in [1.82, 2.24) is 10.2 Å². The van der Waals surface area contributed by atoms with Gasteiger partial charge in [0.05, 0.1) is 0 Å². The van der Waals surface area contributed by atoms with E-state index in [1.54, 1.807) is 11.8 Å². The summed E-state index contributed by atoms with van der Waals surface area (Å²) in [7, 11) is 0. The van der Waals surface area contributed by atoms with Crippen LogP contribution >= 0.6 is 23.1 Å². The van der Waals surface area contributed by atoms with Gasteiger partial charge in [-0.15, -0.1) is 10.2 Å². The molecular weight excluding hydrogens is 326 g/mol. The Balaban J connectivity index is 1.75. The zero-order valence-electron chi connectivity index (χ0n) is 13.8. The van der Waals surface area contributed by atoms with Crippen LogP contribution < -0.4 is 5.32 Å². The number of carbonyl (C=O) groups excluding carboxylic acids is 1. The fourth-order valence-electron chi connectivity index (χ4n) is 1.83. The van der Waals surface area contributed by atoms with Crippen molar-refractivity contribution in [3.63, 3.8) is 0 Å². The molecule has 124 valence electrons. The molecule has 23 heavy (non-hydrogen) atoms. The van der Waals surface area contributed by atoms with Crippen molar-refractivity contribution in [1.29, 1.82) is 0 Å². The summed E-state index contributed by atoms with van der Waals surface area (Å²) >= 11 is 3.14. The van der Waals surface area contributed by atoms with Gasteiger partial charge < -0.3 is 5.32 Å². The van der Waals surface area contributed by atoms with Crippen LogP contribution in [0.3, 0.4) is 0 Å². The number of rotatable bonds is 8. The summed E-state index contributed by atoms with van der Waals surface area (Å²) in [5, 5.41) is 11.6. The van der Waals surface area contributed by atoms with Gasteiger partial charge in [-0.1, -0.05) is 74.2 Å². The molecule has 0 spiro atoms. The van der Waals surface area contributed by atoms with Crippen molar-refractivity contribution < 1.29 is 4.79 Å². The van der Waals surface area contributed by atoms with Crippen molar-refractivity contribution in [2.75, 3.05) is 11.1 Å². The molecule has 0 aliphatic carbocycles. The molecule has 1 aromatic carbocycles. The molecule has 1 heterocycles. The van der Waals surface area contributed by atoms with Gasteiger partial charge in [0.2, 0.25) is 11.0 Å². The summed E-state index contributed by atoms with van der Waals surface area (Å²) in [6, 6.07) is 10.5. The molecule has 2 rings (SSSR count). The lowest BCUT2D eigenvalue weighted by Gasteiger charge is -2.19. The number of anilines is 1. The summed E-state index contributed by atoms with van der Waals surface area (Å²) in [6.45, 7) is 5.87. The van der Waals surface area contributed by atoms with Crippen LogP contribution in [0.5, 0.6) is 0 Å². The smallest absolute Gasteiger partial charge is 0.231 e. The number of nitrogens with one attached hydrogen (secondary N) is 1. The highest BCUT2D eigenvalue weighted by Crippen LogP contribution is 2.28. The van der Waals surface area contributed by atoms with E-state index in [1.807, 2.05) is 26.8 Å². The fourth-order valence-corrected chi connectivity index (χ4v) is 3.58. The number of carbonyl (C=O) groups is 1. The van der Waals surface area contributed by atoms with Crippen LogP contribution in [0.2, 0.25) is 0 Å². The Kier molecular flexibility index (Phi) is 6.59. The van der Waals surface area contributed by atoms with Gasteiger partial charge >= 0.3 is 0 Å². The maximum Gasteiger partial charge on any atom is 0.231 e. The Hall–Kier alpha value is -1.40. The second kappa shape index (κ2) is 8.45. The zero-order chi connectivity index (χ0) is 16.7. The predicted octanol–water partition coefficient (Wildman–Crippen LogP) is 4.64. The maximum atomic E-state index is 12.1. The topological polar surface area (TPSA) is 54.9 Å². The van der Waals surface area contributed by atoms with Crippen molar-refractivity contribution in [3.8, 4) is 0 Å². The number of thioether (sulfide) groups is 1. The third kappa shape index (κ3) is 5.62. The first-order chi connectivity index (χ1) is 11.0. The quantitative estimate of drug-likeness (QED) is 0.428. The van der Waals surface area contributed by atoms with E-state index in [9.17, 15) is 4.79 Å². The van der Waals surface area contributed by atoms with Crippen LogP contribution in [0.15, 0.2) is 34.7 Å². The molecule has 0 fully saturated rings. The molecule has 0 bridgehead atoms. The summed E-state index contributed by atoms with van der Waals surface area (Å²) in [4.78, 5) is 12.1. The van der Waals surface area contributed by atoms with Gasteiger partial charge in [-0.3, -0.25) is 4.79 Å². The Morgan fingerprint density at radius 2 is 2.00 bits per heavy atom. The third-order valence-electron chi connectivity index (χ3n) is 3.80. The Labute approximate surface area is 146 Å². The van der Waals surface area contributed by atoms with Crippen molar-refractivity contribution >= 4 is 34.1 Å². The van der Waals surface area contributed by atoms with E-state index in [2.05, 4.69) is 39.8 Å². The largest absolute Gasteiger partial charge is 0.300 e. The molecule has 1 N–H and O–H groups in total. The van der Waals surface area contributed by atoms with E-state index in [4.69, 9.17) is 0 Å². The molecule has 6 heteroatoms. The van der Waals surface area contributed by atoms with Crippen LogP contribution in [-0.2, 0) is 11.2 Å². The van der Waals surface area contributed by atoms with E-state index in [0.29, 0.717) is 5.13 Å². The highest BCUT2D eigenvalue weighted by atomic mass is 32.2. The lowest BCUT2D eigenvalue weighted by atomic mass is 9.89. The lowest BCUT2D eigenvalue weighted by molar-refractivity contribution is -0.124. The maximum absolute atomic E-state index is 12.1. The Morgan fingerprint density at radius 3 is 2.70 bits per heavy atom. The molecule has 1 aromatic heterocycles. The normalized spacial score (nSPS) is 11.4. The van der Waals surface area contributed by atoms with E-state index >= 15 is 0 Å². The van der Waals surface area contributed by atoms with E-state index in [1.165, 1.54) is 16.9 Å². The van der Waals surface area contributed by atoms with Gasteiger partial charge in [-0.2, -0.15) is 0 Å². The molecule has 0 unspecified atom stereocenters. The molecule has 0 aliphatic rings. The van der Waals surface area contributed by atoms with Crippen LogP contribution in [0, 0.1) is 5.41 Å². The van der Waals surface area contributed by atoms with Crippen LogP contribution in [-0.4, -0.2) is 21.9 Å². The van der Waals surface area contributed by atoms with Crippen LogP contribution in [0.25, 0.3) is 0 Å². The minimum atomic E-state index is -0.380. The molecule has 1 amide bonds. The van der Waals surface area contributed by atoms with Gasteiger partial charge in [0.15, 0.2) is 4.34 Å². The summed E-state index contributed by atoms with van der Waals surface area (Å²) in [5.74, 6) is 0.995. The number of aromatic nitrogens is 2. The van der Waals surface area contributed by atoms with Crippen molar-refractivity contribution in [2.24, 2.45) is 5.41 Å². The lowest BCUT2D eigenvalue weighted by Crippen LogP contribution is -2.29. The fraction of sp³-hybridized carbons (Fsp3) is 0.471. The van der Waals surface area contributed by atoms with Gasteiger partial charge in [-0.25, -0.2) is 0 Å². The highest BCUT2D eigenvalue weighted by molar-refractivity contribution is 8.01. The van der Waals surface area contributed by atoms with Crippen LogP contribution in [0.1, 0.15) is 39.2 Å². The van der Waals surface area contributed by atoms with Gasteiger partial charge in [-0.05, 0) is 24.8 Å². The molecule has 0 saturated carbocycles. The predicted molar refractivity (Wildman–Crippen MR) is 98.1 cm³/mol. The minimum Gasteiger partial charge on any atom is -0.300 e. The molecular formula is C17H23N3OS2. The average Bonchev–Trinajstić information content (AvgIpc) is 3.00.